The number of likely N-dealkylation sites (tertiary alicyclic amines) is 1. The van der Waals surface area contributed by atoms with Gasteiger partial charge in [-0.15, -0.1) is 0 Å². The summed E-state index contributed by atoms with van der Waals surface area (Å²) >= 11 is 5.19. The molecule has 1 atom stereocenters. The zero-order chi connectivity index (χ0) is 19.8. The van der Waals surface area contributed by atoms with Gasteiger partial charge in [0.25, 0.3) is 11.5 Å². The molecule has 7 heteroatoms. The van der Waals surface area contributed by atoms with E-state index in [0.717, 1.165) is 24.2 Å². The number of nitrogens with one attached hydrogen (secondary N) is 1. The van der Waals surface area contributed by atoms with Crippen LogP contribution in [0, 0.1) is 4.77 Å². The highest BCUT2D eigenvalue weighted by Crippen LogP contribution is 2.34. The summed E-state index contributed by atoms with van der Waals surface area (Å²) < 4.78 is 6.95. The molecule has 144 valence electrons. The standard InChI is InChI=1S/C21H21N3O3S/c1-23-20(26)16-10-7-14(12-17(16)22-21(23)28)19(25)24-11-3-4-18(24)13-5-8-15(27-2)9-6-13/h5-10,12,18H,3-4,11H2,1-2H3,(H,22,28). The molecular weight excluding hydrogens is 374 g/mol. The number of aromatic nitrogens is 2. The van der Waals surface area contributed by atoms with Gasteiger partial charge in [0.15, 0.2) is 4.77 Å². The molecule has 6 nitrogen and oxygen atoms in total. The fraction of sp³-hybridized carbons (Fsp3) is 0.286. The Morgan fingerprint density at radius 1 is 1.21 bits per heavy atom. The molecule has 1 N–H and O–H groups in total. The number of hydrogen-bond donors (Lipinski definition) is 1. The van der Waals surface area contributed by atoms with E-state index >= 15 is 0 Å². The minimum atomic E-state index is -0.171. The number of hydrogen-bond acceptors (Lipinski definition) is 4. The van der Waals surface area contributed by atoms with E-state index in [0.29, 0.717) is 27.8 Å². The molecule has 28 heavy (non-hydrogen) atoms. The van der Waals surface area contributed by atoms with E-state index in [4.69, 9.17) is 17.0 Å². The minimum Gasteiger partial charge on any atom is -0.497 e. The van der Waals surface area contributed by atoms with Gasteiger partial charge >= 0.3 is 0 Å². The SMILES string of the molecule is COc1ccc(C2CCCN2C(=O)c2ccc3c(=O)n(C)c(=S)[nH]c3c2)cc1. The molecule has 1 unspecified atom stereocenters. The molecular formula is C21H21N3O3S. The fourth-order valence-corrected chi connectivity index (χ4v) is 3.98. The predicted molar refractivity (Wildman–Crippen MR) is 110 cm³/mol. The number of H-pyrrole nitrogens is 1. The molecule has 0 aliphatic carbocycles. The molecule has 0 bridgehead atoms. The Morgan fingerprint density at radius 3 is 2.68 bits per heavy atom. The quantitative estimate of drug-likeness (QED) is 0.689. The predicted octanol–water partition coefficient (Wildman–Crippen LogP) is 3.58. The van der Waals surface area contributed by atoms with Gasteiger partial charge in [0.05, 0.1) is 24.1 Å². The zero-order valence-electron chi connectivity index (χ0n) is 15.8. The van der Waals surface area contributed by atoms with Crippen molar-refractivity contribution in [2.45, 2.75) is 18.9 Å². The van der Waals surface area contributed by atoms with Gasteiger partial charge in [-0.05, 0) is 61.0 Å². The average molecular weight is 395 g/mol. The highest BCUT2D eigenvalue weighted by atomic mass is 32.1. The summed E-state index contributed by atoms with van der Waals surface area (Å²) in [5, 5.41) is 0.515. The van der Waals surface area contributed by atoms with E-state index in [9.17, 15) is 9.59 Å². The molecule has 1 amide bonds. The number of rotatable bonds is 3. The van der Waals surface area contributed by atoms with Gasteiger partial charge in [0, 0.05) is 19.2 Å². The normalized spacial score (nSPS) is 16.5. The number of ether oxygens (including phenoxy) is 1. The van der Waals surface area contributed by atoms with Crippen molar-refractivity contribution in [1.82, 2.24) is 14.5 Å². The summed E-state index contributed by atoms with van der Waals surface area (Å²) in [5.74, 6) is 0.756. The Bertz CT molecular complexity index is 1160. The van der Waals surface area contributed by atoms with E-state index in [1.807, 2.05) is 29.2 Å². The van der Waals surface area contributed by atoms with Crippen LogP contribution in [0.2, 0.25) is 0 Å². The largest absolute Gasteiger partial charge is 0.497 e. The molecule has 1 saturated heterocycles. The Morgan fingerprint density at radius 2 is 1.96 bits per heavy atom. The third kappa shape index (κ3) is 3.11. The van der Waals surface area contributed by atoms with E-state index in [2.05, 4.69) is 4.98 Å². The second-order valence-corrected chi connectivity index (χ2v) is 7.37. The van der Waals surface area contributed by atoms with Crippen LogP contribution in [0.25, 0.3) is 10.9 Å². The van der Waals surface area contributed by atoms with Crippen molar-refractivity contribution in [2.24, 2.45) is 7.05 Å². The second kappa shape index (κ2) is 7.24. The van der Waals surface area contributed by atoms with Crippen LogP contribution in [0.4, 0.5) is 0 Å². The lowest BCUT2D eigenvalue weighted by atomic mass is 10.0. The Labute approximate surface area is 167 Å². The van der Waals surface area contributed by atoms with Gasteiger partial charge < -0.3 is 14.6 Å². The van der Waals surface area contributed by atoms with Crippen molar-refractivity contribution in [1.29, 1.82) is 0 Å². The number of carbonyl (C=O) groups excluding carboxylic acids is 1. The molecule has 1 fully saturated rings. The molecule has 1 aliphatic heterocycles. The molecule has 1 aliphatic rings. The van der Waals surface area contributed by atoms with Crippen molar-refractivity contribution in [2.75, 3.05) is 13.7 Å². The van der Waals surface area contributed by atoms with Gasteiger partial charge in [-0.25, -0.2) is 0 Å². The van der Waals surface area contributed by atoms with Crippen LogP contribution < -0.4 is 10.3 Å². The lowest BCUT2D eigenvalue weighted by Gasteiger charge is -2.25. The maximum Gasteiger partial charge on any atom is 0.261 e. The van der Waals surface area contributed by atoms with Crippen LogP contribution in [0.15, 0.2) is 47.3 Å². The molecule has 0 saturated carbocycles. The number of aromatic amines is 1. The van der Waals surface area contributed by atoms with Gasteiger partial charge in [0.2, 0.25) is 0 Å². The number of benzene rings is 2. The van der Waals surface area contributed by atoms with E-state index in [1.165, 1.54) is 4.57 Å². The molecule has 4 rings (SSSR count). The van der Waals surface area contributed by atoms with Crippen LogP contribution >= 0.6 is 12.2 Å². The molecule has 0 radical (unpaired) electrons. The summed E-state index contributed by atoms with van der Waals surface area (Å²) in [7, 11) is 3.27. The first-order chi connectivity index (χ1) is 13.5. The molecule has 2 heterocycles. The van der Waals surface area contributed by atoms with Crippen molar-refractivity contribution in [3.8, 4) is 5.75 Å². The third-order valence-corrected chi connectivity index (χ3v) is 5.74. The first-order valence-electron chi connectivity index (χ1n) is 9.17. The molecule has 2 aromatic carbocycles. The second-order valence-electron chi connectivity index (χ2n) is 6.98. The maximum absolute atomic E-state index is 13.2. The number of nitrogens with zero attached hydrogens (tertiary/aromatic N) is 2. The average Bonchev–Trinajstić information content (AvgIpc) is 3.21. The third-order valence-electron chi connectivity index (χ3n) is 5.36. The van der Waals surface area contributed by atoms with Crippen LogP contribution in [0.5, 0.6) is 5.75 Å². The van der Waals surface area contributed by atoms with Gasteiger partial charge in [-0.3, -0.25) is 14.2 Å². The highest BCUT2D eigenvalue weighted by Gasteiger charge is 2.30. The van der Waals surface area contributed by atoms with Gasteiger partial charge in [-0.1, -0.05) is 12.1 Å². The molecule has 1 aromatic heterocycles. The first-order valence-corrected chi connectivity index (χ1v) is 9.58. The molecule has 3 aromatic rings. The number of fused-ring (bicyclic) bond motifs is 1. The van der Waals surface area contributed by atoms with Crippen LogP contribution in [-0.4, -0.2) is 34.0 Å². The minimum absolute atomic E-state index is 0.0382. The van der Waals surface area contributed by atoms with E-state index in [-0.39, 0.29) is 17.5 Å². The van der Waals surface area contributed by atoms with Gasteiger partial charge in [-0.2, -0.15) is 0 Å². The lowest BCUT2D eigenvalue weighted by molar-refractivity contribution is 0.0736. The smallest absolute Gasteiger partial charge is 0.261 e. The van der Waals surface area contributed by atoms with E-state index in [1.54, 1.807) is 32.4 Å². The number of methoxy groups -OCH3 is 1. The van der Waals surface area contributed by atoms with Crippen molar-refractivity contribution < 1.29 is 9.53 Å². The first kappa shape index (κ1) is 18.4. The van der Waals surface area contributed by atoms with Crippen LogP contribution in [0.1, 0.15) is 34.8 Å². The fourth-order valence-electron chi connectivity index (χ4n) is 3.79. The number of carbonyl (C=O) groups is 1. The van der Waals surface area contributed by atoms with Crippen LogP contribution in [0.3, 0.4) is 0 Å². The maximum atomic E-state index is 13.2. The number of amides is 1. The summed E-state index contributed by atoms with van der Waals surface area (Å²) in [4.78, 5) is 30.5. The van der Waals surface area contributed by atoms with Crippen LogP contribution in [-0.2, 0) is 7.05 Å². The van der Waals surface area contributed by atoms with Crippen molar-refractivity contribution in [3.05, 3.63) is 68.7 Å². The Hall–Kier alpha value is -2.93. The lowest BCUT2D eigenvalue weighted by Crippen LogP contribution is -2.30. The zero-order valence-corrected chi connectivity index (χ0v) is 16.6. The van der Waals surface area contributed by atoms with Crippen molar-refractivity contribution >= 4 is 29.0 Å². The van der Waals surface area contributed by atoms with Gasteiger partial charge in [0.1, 0.15) is 5.75 Å². The summed E-state index contributed by atoms with van der Waals surface area (Å²) in [6.07, 6.45) is 1.88. The summed E-state index contributed by atoms with van der Waals surface area (Å²) in [6, 6.07) is 13.0. The van der Waals surface area contributed by atoms with Crippen molar-refractivity contribution in [3.63, 3.8) is 0 Å². The summed E-state index contributed by atoms with van der Waals surface area (Å²) in [6.45, 7) is 0.708. The highest BCUT2D eigenvalue weighted by molar-refractivity contribution is 7.71. The molecule has 0 spiro atoms. The van der Waals surface area contributed by atoms with E-state index < -0.39 is 0 Å². The monoisotopic (exact) mass is 395 g/mol. The Balaban J connectivity index is 1.68. The summed E-state index contributed by atoms with van der Waals surface area (Å²) in [5.41, 5.74) is 2.06. The Kier molecular flexibility index (Phi) is 4.77. The topological polar surface area (TPSA) is 67.3 Å².